The summed E-state index contributed by atoms with van der Waals surface area (Å²) in [5.41, 5.74) is 0.494. The van der Waals surface area contributed by atoms with E-state index in [1.165, 1.54) is 0 Å². The SMILES string of the molecule is O=C(C[C@H](C(=O)O)N1CCNCC1)Nc1ccccc1Cl. The number of carboxylic acids is 1. The second-order valence-electron chi connectivity index (χ2n) is 4.87. The molecule has 6 nitrogen and oxygen atoms in total. The van der Waals surface area contributed by atoms with Gasteiger partial charge >= 0.3 is 5.97 Å². The zero-order chi connectivity index (χ0) is 15.2. The van der Waals surface area contributed by atoms with Gasteiger partial charge in [0.05, 0.1) is 17.1 Å². The van der Waals surface area contributed by atoms with Crippen molar-refractivity contribution in [1.29, 1.82) is 0 Å². The Bertz CT molecular complexity index is 518. The van der Waals surface area contributed by atoms with E-state index in [1.807, 2.05) is 4.90 Å². The lowest BCUT2D eigenvalue weighted by Gasteiger charge is -2.32. The molecule has 21 heavy (non-hydrogen) atoms. The van der Waals surface area contributed by atoms with Gasteiger partial charge in [0.1, 0.15) is 6.04 Å². The van der Waals surface area contributed by atoms with E-state index in [4.69, 9.17) is 11.6 Å². The number of nitrogens with one attached hydrogen (secondary N) is 2. The fourth-order valence-electron chi connectivity index (χ4n) is 2.31. The molecule has 1 saturated heterocycles. The minimum atomic E-state index is -0.980. The Hall–Kier alpha value is -1.63. The van der Waals surface area contributed by atoms with Gasteiger partial charge in [-0.3, -0.25) is 14.5 Å². The molecule has 0 spiro atoms. The van der Waals surface area contributed by atoms with Gasteiger partial charge < -0.3 is 15.7 Å². The zero-order valence-electron chi connectivity index (χ0n) is 11.5. The molecule has 1 aromatic rings. The molecule has 1 aliphatic rings. The van der Waals surface area contributed by atoms with Crippen molar-refractivity contribution in [2.75, 3.05) is 31.5 Å². The second kappa shape index (κ2) is 7.40. The standard InChI is InChI=1S/C14H18ClN3O3/c15-10-3-1-2-4-11(10)17-13(19)9-12(14(20)21)18-7-5-16-6-8-18/h1-4,12,16H,5-9H2,(H,17,19)(H,20,21)/t12-/m1/s1. The van der Waals surface area contributed by atoms with Gasteiger partial charge in [0, 0.05) is 26.2 Å². The number of carboxylic acid groups (broad SMARTS) is 1. The van der Waals surface area contributed by atoms with Crippen molar-refractivity contribution < 1.29 is 14.7 Å². The molecule has 0 aliphatic carbocycles. The van der Waals surface area contributed by atoms with Gasteiger partial charge in [0.15, 0.2) is 0 Å². The first kappa shape index (κ1) is 15.8. The van der Waals surface area contributed by atoms with Gasteiger partial charge in [-0.15, -0.1) is 0 Å². The molecule has 1 heterocycles. The highest BCUT2D eigenvalue weighted by Gasteiger charge is 2.29. The topological polar surface area (TPSA) is 81.7 Å². The molecule has 7 heteroatoms. The molecule has 1 aromatic carbocycles. The van der Waals surface area contributed by atoms with E-state index in [1.54, 1.807) is 24.3 Å². The highest BCUT2D eigenvalue weighted by atomic mass is 35.5. The molecule has 1 amide bonds. The van der Waals surface area contributed by atoms with Gasteiger partial charge in [-0.05, 0) is 12.1 Å². The lowest BCUT2D eigenvalue weighted by atomic mass is 10.1. The van der Waals surface area contributed by atoms with Gasteiger partial charge in [0.2, 0.25) is 5.91 Å². The normalized spacial score (nSPS) is 17.2. The summed E-state index contributed by atoms with van der Waals surface area (Å²) >= 11 is 5.97. The maximum atomic E-state index is 12.0. The molecule has 1 atom stereocenters. The van der Waals surface area contributed by atoms with Crippen molar-refractivity contribution in [3.8, 4) is 0 Å². The number of halogens is 1. The summed E-state index contributed by atoms with van der Waals surface area (Å²) < 4.78 is 0. The summed E-state index contributed by atoms with van der Waals surface area (Å²) in [4.78, 5) is 25.2. The third-order valence-corrected chi connectivity index (χ3v) is 3.73. The van der Waals surface area contributed by atoms with E-state index in [-0.39, 0.29) is 12.3 Å². The van der Waals surface area contributed by atoms with E-state index in [9.17, 15) is 14.7 Å². The number of hydrogen-bond donors (Lipinski definition) is 3. The quantitative estimate of drug-likeness (QED) is 0.756. The molecule has 114 valence electrons. The first-order valence-corrected chi connectivity index (χ1v) is 7.17. The van der Waals surface area contributed by atoms with E-state index in [0.717, 1.165) is 13.1 Å². The van der Waals surface area contributed by atoms with Crippen LogP contribution in [0.25, 0.3) is 0 Å². The number of rotatable bonds is 5. The maximum Gasteiger partial charge on any atom is 0.321 e. The maximum absolute atomic E-state index is 12.0. The summed E-state index contributed by atoms with van der Waals surface area (Å²) in [5, 5.41) is 15.6. The van der Waals surface area contributed by atoms with Gasteiger partial charge in [0.25, 0.3) is 0 Å². The Kier molecular flexibility index (Phi) is 5.55. The monoisotopic (exact) mass is 311 g/mol. The van der Waals surface area contributed by atoms with Crippen LogP contribution in [0.5, 0.6) is 0 Å². The molecular formula is C14H18ClN3O3. The molecule has 0 bridgehead atoms. The minimum Gasteiger partial charge on any atom is -0.480 e. The molecule has 0 unspecified atom stereocenters. The van der Waals surface area contributed by atoms with Crippen LogP contribution >= 0.6 is 11.6 Å². The van der Waals surface area contributed by atoms with Crippen molar-refractivity contribution in [1.82, 2.24) is 10.2 Å². The number of carbonyl (C=O) groups is 2. The number of amides is 1. The molecule has 1 fully saturated rings. The average Bonchev–Trinajstić information content (AvgIpc) is 2.48. The molecule has 1 aliphatic heterocycles. The summed E-state index contributed by atoms with van der Waals surface area (Å²) in [6, 6.07) is 6.06. The average molecular weight is 312 g/mol. The first-order valence-electron chi connectivity index (χ1n) is 6.80. The Morgan fingerprint density at radius 1 is 1.33 bits per heavy atom. The van der Waals surface area contributed by atoms with Gasteiger partial charge in [-0.25, -0.2) is 0 Å². The van der Waals surface area contributed by atoms with E-state index in [2.05, 4.69) is 10.6 Å². The Balaban J connectivity index is 1.98. The van der Waals surface area contributed by atoms with Crippen LogP contribution in [0, 0.1) is 0 Å². The van der Waals surface area contributed by atoms with Crippen molar-refractivity contribution in [3.63, 3.8) is 0 Å². The highest BCUT2D eigenvalue weighted by molar-refractivity contribution is 6.33. The third-order valence-electron chi connectivity index (χ3n) is 3.40. The molecule has 3 N–H and O–H groups in total. The van der Waals surface area contributed by atoms with E-state index >= 15 is 0 Å². The van der Waals surface area contributed by atoms with Crippen molar-refractivity contribution in [2.45, 2.75) is 12.5 Å². The van der Waals surface area contributed by atoms with Crippen LogP contribution in [0.4, 0.5) is 5.69 Å². The summed E-state index contributed by atoms with van der Waals surface area (Å²) in [6.45, 7) is 2.71. The summed E-state index contributed by atoms with van der Waals surface area (Å²) in [7, 11) is 0. The number of benzene rings is 1. The number of aliphatic carboxylic acids is 1. The predicted molar refractivity (Wildman–Crippen MR) is 80.6 cm³/mol. The fraction of sp³-hybridized carbons (Fsp3) is 0.429. The second-order valence-corrected chi connectivity index (χ2v) is 5.28. The first-order chi connectivity index (χ1) is 10.1. The van der Waals surface area contributed by atoms with Gasteiger partial charge in [-0.1, -0.05) is 23.7 Å². The van der Waals surface area contributed by atoms with Crippen LogP contribution in [0.1, 0.15) is 6.42 Å². The zero-order valence-corrected chi connectivity index (χ0v) is 12.3. The number of anilines is 1. The largest absolute Gasteiger partial charge is 0.480 e. The van der Waals surface area contributed by atoms with E-state index in [0.29, 0.717) is 23.8 Å². The smallest absolute Gasteiger partial charge is 0.321 e. The number of piperazine rings is 1. The lowest BCUT2D eigenvalue weighted by molar-refractivity contribution is -0.145. The number of hydrogen-bond acceptors (Lipinski definition) is 4. The number of carbonyl (C=O) groups excluding carboxylic acids is 1. The Morgan fingerprint density at radius 2 is 2.00 bits per heavy atom. The summed E-state index contributed by atoms with van der Waals surface area (Å²) in [6.07, 6.45) is -0.0967. The number of nitrogens with zero attached hydrogens (tertiary/aromatic N) is 1. The lowest BCUT2D eigenvalue weighted by Crippen LogP contribution is -2.52. The highest BCUT2D eigenvalue weighted by Crippen LogP contribution is 2.21. The molecule has 0 aromatic heterocycles. The van der Waals surface area contributed by atoms with Crippen molar-refractivity contribution in [3.05, 3.63) is 29.3 Å². The van der Waals surface area contributed by atoms with Crippen LogP contribution in [-0.4, -0.2) is 54.1 Å². The minimum absolute atomic E-state index is 0.0967. The molecule has 0 saturated carbocycles. The van der Waals surface area contributed by atoms with Crippen LogP contribution in [0.2, 0.25) is 5.02 Å². The van der Waals surface area contributed by atoms with E-state index < -0.39 is 12.0 Å². The Morgan fingerprint density at radius 3 is 2.62 bits per heavy atom. The van der Waals surface area contributed by atoms with Crippen molar-refractivity contribution >= 4 is 29.2 Å². The van der Waals surface area contributed by atoms with Crippen LogP contribution < -0.4 is 10.6 Å². The van der Waals surface area contributed by atoms with Crippen LogP contribution in [0.3, 0.4) is 0 Å². The van der Waals surface area contributed by atoms with Crippen LogP contribution in [-0.2, 0) is 9.59 Å². The molecule has 2 rings (SSSR count). The molecule has 0 radical (unpaired) electrons. The predicted octanol–water partition coefficient (Wildman–Crippen LogP) is 1.03. The van der Waals surface area contributed by atoms with Gasteiger partial charge in [-0.2, -0.15) is 0 Å². The summed E-state index contributed by atoms with van der Waals surface area (Å²) in [5.74, 6) is -1.33. The van der Waals surface area contributed by atoms with Crippen molar-refractivity contribution in [2.24, 2.45) is 0 Å². The molecular weight excluding hydrogens is 294 g/mol. The van der Waals surface area contributed by atoms with Crippen LogP contribution in [0.15, 0.2) is 24.3 Å². The third kappa shape index (κ3) is 4.42. The fourth-order valence-corrected chi connectivity index (χ4v) is 2.49. The number of para-hydroxylation sites is 1. The Labute approximate surface area is 128 Å².